The molecule has 0 saturated carbocycles. The number of azo groups is 1. The van der Waals surface area contributed by atoms with E-state index in [0.29, 0.717) is 5.95 Å². The highest BCUT2D eigenvalue weighted by molar-refractivity contribution is 6.26. The van der Waals surface area contributed by atoms with Crippen molar-refractivity contribution in [3.05, 3.63) is 30.6 Å². The Kier molecular flexibility index (Phi) is 7.87. The van der Waals surface area contributed by atoms with Crippen molar-refractivity contribution in [1.82, 2.24) is 9.78 Å². The van der Waals surface area contributed by atoms with Crippen LogP contribution in [-0.4, -0.2) is 39.9 Å². The van der Waals surface area contributed by atoms with Crippen LogP contribution < -0.4 is 14.6 Å². The second-order valence-corrected chi connectivity index (χ2v) is 5.15. The summed E-state index contributed by atoms with van der Waals surface area (Å²) >= 11 is 0. The Morgan fingerprint density at radius 3 is 2.15 bits per heavy atom. The van der Waals surface area contributed by atoms with E-state index in [0.717, 1.165) is 18.8 Å². The largest absolute Gasteiger partial charge is 0.539 e. The number of carbonyl (C=O) groups is 2. The van der Waals surface area contributed by atoms with Gasteiger partial charge in [-0.15, -0.1) is 4.68 Å². The zero-order chi connectivity index (χ0) is 19.7. The fraction of sp³-hybridized carbons (Fsp3) is 0.375. The summed E-state index contributed by atoms with van der Waals surface area (Å²) in [6.45, 7) is 6.31. The van der Waals surface area contributed by atoms with Crippen molar-refractivity contribution in [3.63, 3.8) is 0 Å². The van der Waals surface area contributed by atoms with Crippen molar-refractivity contribution in [2.75, 3.05) is 18.0 Å². The van der Waals surface area contributed by atoms with Gasteiger partial charge in [0, 0.05) is 23.9 Å². The predicted octanol–water partition coefficient (Wildman–Crippen LogP) is 0.327. The molecule has 0 aliphatic carbocycles. The summed E-state index contributed by atoms with van der Waals surface area (Å²) in [6.07, 6.45) is 1.71. The number of aryl methyl sites for hydroxylation is 2. The minimum absolute atomic E-state index is 0.706. The van der Waals surface area contributed by atoms with Crippen molar-refractivity contribution in [2.24, 2.45) is 24.3 Å². The average Bonchev–Trinajstić information content (AvgIpc) is 2.94. The van der Waals surface area contributed by atoms with E-state index in [1.165, 1.54) is 5.69 Å². The molecular formula is C16H22N6O4. The van der Waals surface area contributed by atoms with Crippen LogP contribution in [-0.2, 0) is 23.7 Å². The number of nitrogens with zero attached hydrogens (tertiary/aromatic N) is 6. The zero-order valence-electron chi connectivity index (χ0n) is 15.2. The monoisotopic (exact) mass is 362 g/mol. The first-order valence-corrected chi connectivity index (χ1v) is 7.88. The number of rotatable bonds is 5. The number of carboxylic acids is 2. The maximum Gasteiger partial charge on any atom is 0.403 e. The Hall–Kier alpha value is -3.30. The molecular weight excluding hydrogens is 340 g/mol. The lowest BCUT2D eigenvalue weighted by atomic mass is 10.2. The Morgan fingerprint density at radius 1 is 1.23 bits per heavy atom. The van der Waals surface area contributed by atoms with E-state index < -0.39 is 11.9 Å². The second kappa shape index (κ2) is 9.87. The quantitative estimate of drug-likeness (QED) is 0.464. The van der Waals surface area contributed by atoms with Crippen LogP contribution in [0.2, 0.25) is 0 Å². The van der Waals surface area contributed by atoms with Crippen molar-refractivity contribution >= 4 is 29.3 Å². The lowest BCUT2D eigenvalue weighted by Crippen LogP contribution is -2.30. The molecule has 0 saturated heterocycles. The molecule has 0 bridgehead atoms. The van der Waals surface area contributed by atoms with Gasteiger partial charge in [0.1, 0.15) is 0 Å². The Bertz CT molecular complexity index is 734. The van der Waals surface area contributed by atoms with Crippen LogP contribution in [0.4, 0.5) is 17.3 Å². The molecule has 2 rings (SSSR count). The Morgan fingerprint density at radius 2 is 1.77 bits per heavy atom. The molecule has 0 radical (unpaired) electrons. The molecule has 0 unspecified atom stereocenters. The van der Waals surface area contributed by atoms with Crippen LogP contribution in [0.5, 0.6) is 0 Å². The molecule has 1 aromatic heterocycles. The van der Waals surface area contributed by atoms with Gasteiger partial charge in [-0.3, -0.25) is 0 Å². The van der Waals surface area contributed by atoms with Crippen molar-refractivity contribution < 1.29 is 24.4 Å². The number of carboxylic acid groups (broad SMARTS) is 2. The van der Waals surface area contributed by atoms with Gasteiger partial charge in [0.2, 0.25) is 6.33 Å². The molecule has 1 heterocycles. The van der Waals surface area contributed by atoms with E-state index in [1.54, 1.807) is 11.0 Å². The van der Waals surface area contributed by atoms with Gasteiger partial charge < -0.3 is 19.9 Å². The summed E-state index contributed by atoms with van der Waals surface area (Å²) in [5, 5.41) is 28.9. The first kappa shape index (κ1) is 20.7. The van der Waals surface area contributed by atoms with Crippen LogP contribution in [0.25, 0.3) is 0 Å². The molecule has 26 heavy (non-hydrogen) atoms. The minimum Gasteiger partial charge on any atom is -0.539 e. The number of anilines is 1. The number of carbonyl (C=O) groups excluding carboxylic acids is 1. The first-order chi connectivity index (χ1) is 12.3. The van der Waals surface area contributed by atoms with E-state index in [1.807, 2.05) is 30.8 Å². The van der Waals surface area contributed by atoms with Crippen LogP contribution in [0.15, 0.2) is 40.8 Å². The molecule has 0 spiro atoms. The van der Waals surface area contributed by atoms with Crippen molar-refractivity contribution in [3.8, 4) is 0 Å². The molecule has 1 aromatic carbocycles. The fourth-order valence-corrected chi connectivity index (χ4v) is 2.04. The topological polar surface area (TPSA) is 127 Å². The molecule has 10 nitrogen and oxygen atoms in total. The van der Waals surface area contributed by atoms with Gasteiger partial charge in [-0.2, -0.15) is 0 Å². The van der Waals surface area contributed by atoms with Gasteiger partial charge in [-0.25, -0.2) is 9.36 Å². The SMILES string of the molecule is CCN(CC)c1ccc(N=Nc2n(C)nc[n+]2C)cc1.O=C([O-])C(=O)O. The summed E-state index contributed by atoms with van der Waals surface area (Å²) in [5.74, 6) is -3.30. The lowest BCUT2D eigenvalue weighted by Gasteiger charge is -2.20. The van der Waals surface area contributed by atoms with Gasteiger partial charge in [0.15, 0.2) is 5.97 Å². The van der Waals surface area contributed by atoms with Gasteiger partial charge in [0.25, 0.3) is 0 Å². The molecule has 1 N–H and O–H groups in total. The predicted molar refractivity (Wildman–Crippen MR) is 91.2 cm³/mol. The van der Waals surface area contributed by atoms with Crippen LogP contribution in [0, 0.1) is 0 Å². The van der Waals surface area contributed by atoms with Gasteiger partial charge in [-0.1, -0.05) is 5.11 Å². The van der Waals surface area contributed by atoms with Gasteiger partial charge in [-0.05, 0) is 43.2 Å². The van der Waals surface area contributed by atoms with Crippen LogP contribution in [0.1, 0.15) is 13.8 Å². The van der Waals surface area contributed by atoms with E-state index in [2.05, 4.69) is 46.2 Å². The van der Waals surface area contributed by atoms with Crippen molar-refractivity contribution in [2.45, 2.75) is 13.8 Å². The second-order valence-electron chi connectivity index (χ2n) is 5.15. The molecule has 0 amide bonds. The maximum absolute atomic E-state index is 9.04. The van der Waals surface area contributed by atoms with Gasteiger partial charge in [0.05, 0.1) is 19.8 Å². The third-order valence-electron chi connectivity index (χ3n) is 3.41. The van der Waals surface area contributed by atoms with E-state index in [-0.39, 0.29) is 0 Å². The van der Waals surface area contributed by atoms with E-state index in [9.17, 15) is 0 Å². The standard InChI is InChI=1S/C14H21N6.C2H2O4/c1-5-20(6-2)13-9-7-12(8-10-13)16-17-14-18(3)11-15-19(14)4;3-1(4)2(5)6/h7-11H,5-6H2,1-4H3;(H,3,4)(H,5,6)/q+1;/p-1. The number of hydrogen-bond donors (Lipinski definition) is 1. The highest BCUT2D eigenvalue weighted by atomic mass is 16.4. The van der Waals surface area contributed by atoms with E-state index in [4.69, 9.17) is 19.8 Å². The zero-order valence-corrected chi connectivity index (χ0v) is 15.2. The smallest absolute Gasteiger partial charge is 0.403 e. The Labute approximate surface area is 151 Å². The number of benzene rings is 1. The Balaban J connectivity index is 0.000000487. The molecule has 0 aliphatic rings. The summed E-state index contributed by atoms with van der Waals surface area (Å²) in [5.41, 5.74) is 2.04. The maximum atomic E-state index is 9.04. The summed E-state index contributed by atoms with van der Waals surface area (Å²) < 4.78 is 3.52. The minimum atomic E-state index is -2.07. The number of hydrogen-bond acceptors (Lipinski definition) is 7. The summed E-state index contributed by atoms with van der Waals surface area (Å²) in [7, 11) is 3.74. The third kappa shape index (κ3) is 5.96. The average molecular weight is 362 g/mol. The highest BCUT2D eigenvalue weighted by Gasteiger charge is 2.11. The fourth-order valence-electron chi connectivity index (χ4n) is 2.04. The van der Waals surface area contributed by atoms with Gasteiger partial charge >= 0.3 is 11.9 Å². The molecule has 140 valence electrons. The summed E-state index contributed by atoms with van der Waals surface area (Å²) in [4.78, 5) is 20.3. The molecule has 0 atom stereocenters. The molecule has 10 heteroatoms. The number of aliphatic carboxylic acids is 2. The summed E-state index contributed by atoms with van der Waals surface area (Å²) in [6, 6.07) is 8.11. The van der Waals surface area contributed by atoms with E-state index >= 15 is 0 Å². The third-order valence-corrected chi connectivity index (χ3v) is 3.41. The highest BCUT2D eigenvalue weighted by Crippen LogP contribution is 2.20. The number of aromatic nitrogens is 3. The van der Waals surface area contributed by atoms with Crippen LogP contribution in [0.3, 0.4) is 0 Å². The lowest BCUT2D eigenvalue weighted by molar-refractivity contribution is -0.659. The molecule has 0 aliphatic heterocycles. The van der Waals surface area contributed by atoms with Crippen molar-refractivity contribution in [1.29, 1.82) is 0 Å². The molecule has 0 fully saturated rings. The van der Waals surface area contributed by atoms with Crippen LogP contribution >= 0.6 is 0 Å². The first-order valence-electron chi connectivity index (χ1n) is 7.88. The normalized spacial score (nSPS) is 10.3. The molecule has 2 aromatic rings.